The van der Waals surface area contributed by atoms with Gasteiger partial charge in [-0.1, -0.05) is 30.3 Å². The predicted octanol–water partition coefficient (Wildman–Crippen LogP) is 5.88. The highest BCUT2D eigenvalue weighted by Crippen LogP contribution is 2.44. The van der Waals surface area contributed by atoms with Gasteiger partial charge in [-0.05, 0) is 87.4 Å². The molecule has 2 aromatic carbocycles. The number of pyridine rings is 1. The Balaban J connectivity index is 1.65. The molecule has 206 valence electrons. The normalized spacial score (nSPS) is 18.7. The highest BCUT2D eigenvalue weighted by molar-refractivity contribution is 7.84. The van der Waals surface area contributed by atoms with Crippen LogP contribution in [0.15, 0.2) is 54.6 Å². The maximum Gasteiger partial charge on any atom is 0.272 e. The van der Waals surface area contributed by atoms with Crippen molar-refractivity contribution in [3.8, 4) is 22.4 Å². The molecule has 1 fully saturated rings. The summed E-state index contributed by atoms with van der Waals surface area (Å²) in [7, 11) is -1.33. The van der Waals surface area contributed by atoms with Crippen LogP contribution >= 0.6 is 0 Å². The maximum atomic E-state index is 13.6. The van der Waals surface area contributed by atoms with E-state index in [-0.39, 0.29) is 24.4 Å². The minimum atomic E-state index is -1.33. The first-order valence-electron chi connectivity index (χ1n) is 13.7. The Hall–Kier alpha value is -2.94. The average Bonchev–Trinajstić information content (AvgIpc) is 3.30. The number of likely N-dealkylation sites (tertiary alicyclic amines) is 1. The summed E-state index contributed by atoms with van der Waals surface area (Å²) in [6.07, 6.45) is 3.50. The number of aromatic nitrogens is 1. The lowest BCUT2D eigenvalue weighted by Crippen LogP contribution is -2.36. The van der Waals surface area contributed by atoms with E-state index in [4.69, 9.17) is 4.98 Å². The number of hydrogen-bond donors (Lipinski definition) is 1. The van der Waals surface area contributed by atoms with Crippen molar-refractivity contribution >= 4 is 16.9 Å². The van der Waals surface area contributed by atoms with E-state index in [2.05, 4.69) is 0 Å². The number of carbonyl (C=O) groups is 1. The van der Waals surface area contributed by atoms with Gasteiger partial charge in [0, 0.05) is 37.4 Å². The molecule has 1 amide bonds. The smallest absolute Gasteiger partial charge is 0.272 e. The van der Waals surface area contributed by atoms with Crippen molar-refractivity contribution in [1.82, 2.24) is 14.2 Å². The number of rotatable bonds is 6. The minimum absolute atomic E-state index is 0.0640. The maximum absolute atomic E-state index is 13.6. The Morgan fingerprint density at radius 2 is 1.72 bits per heavy atom. The zero-order valence-corrected chi connectivity index (χ0v) is 23.6. The standard InChI is InChI=1S/C31H36FN3O3S/c1-31(2,3)39(38)35-20-24-19-26(30(37)34-15-5-4-6-16-34)33-29(28(24)27(35)14-17-36)23-9-7-8-22(18-23)21-10-12-25(32)13-11-21/h7-13,18-19,27,36H,4-6,14-17,20H2,1-3H3/t27-,39-/m0/s1. The van der Waals surface area contributed by atoms with Crippen molar-refractivity contribution in [2.24, 2.45) is 0 Å². The molecule has 0 spiro atoms. The second kappa shape index (κ2) is 11.3. The molecule has 2 atom stereocenters. The van der Waals surface area contributed by atoms with Crippen LogP contribution in [0.25, 0.3) is 22.4 Å². The van der Waals surface area contributed by atoms with Crippen LogP contribution in [0, 0.1) is 5.82 Å². The molecule has 2 aliphatic heterocycles. The Morgan fingerprint density at radius 3 is 2.38 bits per heavy atom. The van der Waals surface area contributed by atoms with Gasteiger partial charge in [0.2, 0.25) is 0 Å². The Kier molecular flexibility index (Phi) is 7.99. The number of aliphatic hydroxyl groups excluding tert-OH is 1. The molecule has 1 N–H and O–H groups in total. The van der Waals surface area contributed by atoms with Gasteiger partial charge in [0.05, 0.1) is 16.5 Å². The SMILES string of the molecule is CC(C)(C)[S@](=O)N1Cc2cc(C(=O)N3CCCCC3)nc(-c3cccc(-c4ccc(F)cc4)c3)c2[C@@H]1CCO. The van der Waals surface area contributed by atoms with E-state index in [0.717, 1.165) is 60.2 Å². The molecule has 1 saturated heterocycles. The van der Waals surface area contributed by atoms with Crippen LogP contribution in [0.4, 0.5) is 4.39 Å². The third-order valence-corrected chi connectivity index (χ3v) is 9.32. The van der Waals surface area contributed by atoms with Gasteiger partial charge in [-0.2, -0.15) is 0 Å². The molecule has 2 aliphatic rings. The number of carbonyl (C=O) groups excluding carboxylic acids is 1. The zero-order chi connectivity index (χ0) is 27.7. The van der Waals surface area contributed by atoms with Crippen LogP contribution in [0.5, 0.6) is 0 Å². The third-order valence-electron chi connectivity index (χ3n) is 7.47. The second-order valence-corrected chi connectivity index (χ2v) is 13.5. The van der Waals surface area contributed by atoms with Crippen molar-refractivity contribution in [2.45, 2.75) is 63.8 Å². The number of fused-ring (bicyclic) bond motifs is 1. The van der Waals surface area contributed by atoms with E-state index < -0.39 is 15.7 Å². The van der Waals surface area contributed by atoms with Crippen molar-refractivity contribution in [3.05, 3.63) is 77.2 Å². The second-order valence-electron chi connectivity index (χ2n) is 11.3. The first-order chi connectivity index (χ1) is 18.7. The first kappa shape index (κ1) is 27.6. The predicted molar refractivity (Wildman–Crippen MR) is 153 cm³/mol. The first-order valence-corrected chi connectivity index (χ1v) is 14.8. The number of nitrogens with zero attached hydrogens (tertiary/aromatic N) is 3. The third kappa shape index (κ3) is 5.69. The van der Waals surface area contributed by atoms with Gasteiger partial charge in [0.15, 0.2) is 0 Å². The largest absolute Gasteiger partial charge is 0.396 e. The van der Waals surface area contributed by atoms with Gasteiger partial charge >= 0.3 is 0 Å². The van der Waals surface area contributed by atoms with E-state index in [9.17, 15) is 18.5 Å². The molecule has 3 heterocycles. The Labute approximate surface area is 232 Å². The van der Waals surface area contributed by atoms with Gasteiger partial charge in [-0.3, -0.25) is 4.79 Å². The quantitative estimate of drug-likeness (QED) is 0.417. The van der Waals surface area contributed by atoms with E-state index in [1.54, 1.807) is 12.1 Å². The van der Waals surface area contributed by atoms with Gasteiger partial charge in [-0.15, -0.1) is 0 Å². The fraction of sp³-hybridized carbons (Fsp3) is 0.419. The lowest BCUT2D eigenvalue weighted by Gasteiger charge is -2.30. The summed E-state index contributed by atoms with van der Waals surface area (Å²) in [4.78, 5) is 20.4. The van der Waals surface area contributed by atoms with Crippen molar-refractivity contribution < 1.29 is 18.5 Å². The number of halogens is 1. The molecular formula is C31H36FN3O3S. The average molecular weight is 550 g/mol. The monoisotopic (exact) mass is 549 g/mol. The molecule has 0 radical (unpaired) electrons. The van der Waals surface area contributed by atoms with E-state index >= 15 is 0 Å². The van der Waals surface area contributed by atoms with E-state index in [1.807, 2.05) is 60.3 Å². The Bertz CT molecular complexity index is 1380. The van der Waals surface area contributed by atoms with Crippen LogP contribution in [-0.4, -0.2) is 53.9 Å². The topological polar surface area (TPSA) is 73.7 Å². The van der Waals surface area contributed by atoms with Crippen LogP contribution in [0.1, 0.15) is 74.1 Å². The number of benzene rings is 2. The van der Waals surface area contributed by atoms with E-state index in [1.165, 1.54) is 12.1 Å². The summed E-state index contributed by atoms with van der Waals surface area (Å²) in [6.45, 7) is 7.62. The molecule has 0 aliphatic carbocycles. The lowest BCUT2D eigenvalue weighted by atomic mass is 9.94. The molecule has 39 heavy (non-hydrogen) atoms. The molecule has 0 saturated carbocycles. The molecule has 3 aromatic rings. The minimum Gasteiger partial charge on any atom is -0.396 e. The van der Waals surface area contributed by atoms with Crippen molar-refractivity contribution in [1.29, 1.82) is 0 Å². The van der Waals surface area contributed by atoms with Gasteiger partial charge in [0.1, 0.15) is 22.5 Å². The van der Waals surface area contributed by atoms with Gasteiger partial charge in [0.25, 0.3) is 5.91 Å². The number of amides is 1. The highest BCUT2D eigenvalue weighted by atomic mass is 32.2. The summed E-state index contributed by atoms with van der Waals surface area (Å²) < 4.78 is 28.7. The molecule has 5 rings (SSSR count). The van der Waals surface area contributed by atoms with Crippen molar-refractivity contribution in [2.75, 3.05) is 19.7 Å². The highest BCUT2D eigenvalue weighted by Gasteiger charge is 2.40. The molecule has 1 aromatic heterocycles. The molecule has 6 nitrogen and oxygen atoms in total. The van der Waals surface area contributed by atoms with Crippen LogP contribution in [-0.2, 0) is 17.5 Å². The number of piperidine rings is 1. The van der Waals surface area contributed by atoms with Crippen molar-refractivity contribution in [3.63, 3.8) is 0 Å². The number of aliphatic hydroxyl groups is 1. The summed E-state index contributed by atoms with van der Waals surface area (Å²) >= 11 is 0. The summed E-state index contributed by atoms with van der Waals surface area (Å²) in [5.41, 5.74) is 5.50. The Morgan fingerprint density at radius 1 is 1.03 bits per heavy atom. The summed E-state index contributed by atoms with van der Waals surface area (Å²) in [6, 6.07) is 15.8. The molecule has 0 unspecified atom stereocenters. The fourth-order valence-corrected chi connectivity index (χ4v) is 6.95. The van der Waals surface area contributed by atoms with E-state index in [0.29, 0.717) is 24.4 Å². The molecule has 0 bridgehead atoms. The summed E-state index contributed by atoms with van der Waals surface area (Å²) in [5, 5.41) is 10.0. The van der Waals surface area contributed by atoms with Crippen LogP contribution in [0.2, 0.25) is 0 Å². The van der Waals surface area contributed by atoms with Gasteiger partial charge < -0.3 is 10.0 Å². The fourth-order valence-electron chi connectivity index (χ4n) is 5.55. The lowest BCUT2D eigenvalue weighted by molar-refractivity contribution is 0.0718. The van der Waals surface area contributed by atoms with Crippen LogP contribution in [0.3, 0.4) is 0 Å². The molecule has 8 heteroatoms. The number of hydrogen-bond acceptors (Lipinski definition) is 4. The van der Waals surface area contributed by atoms with Crippen LogP contribution < -0.4 is 0 Å². The summed E-state index contributed by atoms with van der Waals surface area (Å²) in [5.74, 6) is -0.375. The van der Waals surface area contributed by atoms with Gasteiger partial charge in [-0.25, -0.2) is 17.9 Å². The zero-order valence-electron chi connectivity index (χ0n) is 22.8. The molecular weight excluding hydrogens is 513 g/mol.